The molecule has 1 unspecified atom stereocenters. The van der Waals surface area contributed by atoms with E-state index in [0.29, 0.717) is 37.1 Å². The fourth-order valence-corrected chi connectivity index (χ4v) is 5.84. The first-order valence-corrected chi connectivity index (χ1v) is 12.8. The van der Waals surface area contributed by atoms with Crippen LogP contribution in [0, 0.1) is 25.6 Å². The number of amides is 2. The van der Waals surface area contributed by atoms with Gasteiger partial charge >= 0.3 is 0 Å². The Morgan fingerprint density at radius 3 is 2.57 bits per heavy atom. The molecule has 2 aromatic carbocycles. The molecule has 0 aliphatic carbocycles. The maximum atomic E-state index is 13.9. The predicted octanol–water partition coefficient (Wildman–Crippen LogP) is 3.77. The van der Waals surface area contributed by atoms with Crippen molar-refractivity contribution in [3.8, 4) is 0 Å². The summed E-state index contributed by atoms with van der Waals surface area (Å²) >= 11 is 1.53. The molecule has 0 N–H and O–H groups in total. The van der Waals surface area contributed by atoms with Crippen molar-refractivity contribution in [2.24, 2.45) is 5.92 Å². The lowest BCUT2D eigenvalue weighted by Crippen LogP contribution is -2.45. The molecule has 1 aromatic heterocycles. The largest absolute Gasteiger partial charge is 0.379 e. The molecule has 2 aliphatic rings. The molecular formula is C26H29FN4O3S. The van der Waals surface area contributed by atoms with E-state index >= 15 is 0 Å². The number of hydrogen-bond donors (Lipinski definition) is 0. The Morgan fingerprint density at radius 1 is 1.14 bits per heavy atom. The van der Waals surface area contributed by atoms with Gasteiger partial charge in [0, 0.05) is 44.8 Å². The molecule has 2 fully saturated rings. The molecular weight excluding hydrogens is 467 g/mol. The molecule has 7 nitrogen and oxygen atoms in total. The van der Waals surface area contributed by atoms with Crippen LogP contribution in [0.5, 0.6) is 0 Å². The van der Waals surface area contributed by atoms with E-state index in [0.717, 1.165) is 34.4 Å². The molecule has 0 spiro atoms. The van der Waals surface area contributed by atoms with Crippen molar-refractivity contribution in [1.82, 2.24) is 9.88 Å². The van der Waals surface area contributed by atoms with E-state index in [2.05, 4.69) is 24.0 Å². The fourth-order valence-electron chi connectivity index (χ4n) is 4.69. The molecule has 0 radical (unpaired) electrons. The van der Waals surface area contributed by atoms with Gasteiger partial charge in [-0.15, -0.1) is 0 Å². The highest BCUT2D eigenvalue weighted by Gasteiger charge is 2.38. The van der Waals surface area contributed by atoms with Crippen LogP contribution in [-0.2, 0) is 14.3 Å². The second-order valence-corrected chi connectivity index (χ2v) is 10.2. The van der Waals surface area contributed by atoms with Crippen LogP contribution in [0.1, 0.15) is 17.5 Å². The van der Waals surface area contributed by atoms with E-state index in [-0.39, 0.29) is 30.6 Å². The Morgan fingerprint density at radius 2 is 1.86 bits per heavy atom. The average molecular weight is 497 g/mol. The Labute approximate surface area is 208 Å². The number of aromatic nitrogens is 1. The number of benzene rings is 2. The summed E-state index contributed by atoms with van der Waals surface area (Å²) in [5.74, 6) is -1.06. The van der Waals surface area contributed by atoms with Crippen LogP contribution in [0.4, 0.5) is 15.2 Å². The van der Waals surface area contributed by atoms with Gasteiger partial charge in [-0.3, -0.25) is 19.4 Å². The van der Waals surface area contributed by atoms with Gasteiger partial charge in [-0.05, 0) is 49.2 Å². The highest BCUT2D eigenvalue weighted by Crippen LogP contribution is 2.35. The lowest BCUT2D eigenvalue weighted by Gasteiger charge is -2.30. The minimum absolute atomic E-state index is 0.0921. The number of morpholine rings is 1. The first-order chi connectivity index (χ1) is 16.9. The molecule has 5 rings (SSSR count). The molecule has 3 aromatic rings. The van der Waals surface area contributed by atoms with E-state index < -0.39 is 5.92 Å². The van der Waals surface area contributed by atoms with Crippen molar-refractivity contribution in [2.75, 3.05) is 55.7 Å². The highest BCUT2D eigenvalue weighted by atomic mass is 32.1. The van der Waals surface area contributed by atoms with Gasteiger partial charge in [0.2, 0.25) is 11.8 Å². The van der Waals surface area contributed by atoms with Crippen molar-refractivity contribution in [1.29, 1.82) is 0 Å². The standard InChI is InChI=1S/C26H29FN4O3S/c1-17-3-4-18(2)24-23(17)28-26(35-24)30(10-9-29-11-13-34-14-12-29)25(33)19-15-22(32)31(16-19)21-7-5-20(27)6-8-21/h3-8,19H,9-16H2,1-2H3. The number of ether oxygens (including phenoxy) is 1. The minimum atomic E-state index is -0.480. The van der Waals surface area contributed by atoms with Crippen LogP contribution < -0.4 is 9.80 Å². The zero-order chi connectivity index (χ0) is 24.5. The lowest BCUT2D eigenvalue weighted by atomic mass is 10.1. The summed E-state index contributed by atoms with van der Waals surface area (Å²) in [4.78, 5) is 37.2. The monoisotopic (exact) mass is 496 g/mol. The second-order valence-electron chi connectivity index (χ2n) is 9.20. The van der Waals surface area contributed by atoms with Gasteiger partial charge in [-0.1, -0.05) is 23.5 Å². The summed E-state index contributed by atoms with van der Waals surface area (Å²) < 4.78 is 19.9. The average Bonchev–Trinajstić information content (AvgIpc) is 3.48. The normalized spacial score (nSPS) is 19.0. The summed E-state index contributed by atoms with van der Waals surface area (Å²) in [6.45, 7) is 8.62. The molecule has 2 saturated heterocycles. The van der Waals surface area contributed by atoms with Crippen molar-refractivity contribution in [3.63, 3.8) is 0 Å². The van der Waals surface area contributed by atoms with Crippen LogP contribution in [0.15, 0.2) is 36.4 Å². The van der Waals surface area contributed by atoms with Gasteiger partial charge in [0.05, 0.1) is 29.3 Å². The van der Waals surface area contributed by atoms with Gasteiger partial charge in [0.1, 0.15) is 5.82 Å². The zero-order valence-electron chi connectivity index (χ0n) is 20.0. The first-order valence-electron chi connectivity index (χ1n) is 11.9. The summed E-state index contributed by atoms with van der Waals surface area (Å²) in [5.41, 5.74) is 3.74. The minimum Gasteiger partial charge on any atom is -0.379 e. The van der Waals surface area contributed by atoms with Gasteiger partial charge in [0.15, 0.2) is 5.13 Å². The second kappa shape index (κ2) is 10.0. The first kappa shape index (κ1) is 23.8. The maximum Gasteiger partial charge on any atom is 0.234 e. The number of carbonyl (C=O) groups is 2. The fraction of sp³-hybridized carbons (Fsp3) is 0.423. The maximum absolute atomic E-state index is 13.9. The van der Waals surface area contributed by atoms with Crippen molar-refractivity contribution in [3.05, 3.63) is 53.3 Å². The van der Waals surface area contributed by atoms with Crippen LogP contribution >= 0.6 is 11.3 Å². The number of hydrogen-bond acceptors (Lipinski definition) is 6. The van der Waals surface area contributed by atoms with E-state index in [1.165, 1.54) is 23.5 Å². The van der Waals surface area contributed by atoms with Gasteiger partial charge in [-0.25, -0.2) is 9.37 Å². The van der Waals surface area contributed by atoms with Crippen LogP contribution in [0.3, 0.4) is 0 Å². The van der Waals surface area contributed by atoms with Gasteiger partial charge in [0.25, 0.3) is 0 Å². The van der Waals surface area contributed by atoms with Crippen molar-refractivity contribution in [2.45, 2.75) is 20.3 Å². The number of rotatable bonds is 6. The third-order valence-corrected chi connectivity index (χ3v) is 8.00. The Bertz CT molecular complexity index is 1200. The quantitative estimate of drug-likeness (QED) is 0.520. The Kier molecular flexibility index (Phi) is 6.82. The van der Waals surface area contributed by atoms with Gasteiger partial charge in [-0.2, -0.15) is 0 Å². The van der Waals surface area contributed by atoms with E-state index in [4.69, 9.17) is 9.72 Å². The van der Waals surface area contributed by atoms with Crippen LogP contribution in [0.25, 0.3) is 10.2 Å². The molecule has 3 heterocycles. The molecule has 0 saturated carbocycles. The molecule has 35 heavy (non-hydrogen) atoms. The predicted molar refractivity (Wildman–Crippen MR) is 136 cm³/mol. The number of thiazole rings is 1. The Balaban J connectivity index is 1.41. The van der Waals surface area contributed by atoms with E-state index in [1.54, 1.807) is 21.9 Å². The summed E-state index contributed by atoms with van der Waals surface area (Å²) in [6.07, 6.45) is 0.132. The number of halogens is 1. The molecule has 1 atom stereocenters. The lowest BCUT2D eigenvalue weighted by molar-refractivity contribution is -0.124. The third kappa shape index (κ3) is 4.94. The topological polar surface area (TPSA) is 66.0 Å². The molecule has 9 heteroatoms. The van der Waals surface area contributed by atoms with E-state index in [9.17, 15) is 14.0 Å². The summed E-state index contributed by atoms with van der Waals surface area (Å²) in [7, 11) is 0. The SMILES string of the molecule is Cc1ccc(C)c2sc(N(CCN3CCOCC3)C(=O)C3CC(=O)N(c4ccc(F)cc4)C3)nc12. The molecule has 0 bridgehead atoms. The molecule has 2 aliphatic heterocycles. The highest BCUT2D eigenvalue weighted by molar-refractivity contribution is 7.22. The smallest absolute Gasteiger partial charge is 0.234 e. The van der Waals surface area contributed by atoms with Crippen molar-refractivity contribution >= 4 is 44.2 Å². The number of anilines is 2. The number of aryl methyl sites for hydroxylation is 2. The van der Waals surface area contributed by atoms with Crippen LogP contribution in [0.2, 0.25) is 0 Å². The number of fused-ring (bicyclic) bond motifs is 1. The third-order valence-electron chi connectivity index (χ3n) is 6.78. The molecule has 184 valence electrons. The van der Waals surface area contributed by atoms with Crippen molar-refractivity contribution < 1.29 is 18.7 Å². The summed E-state index contributed by atoms with van der Waals surface area (Å²) in [5, 5.41) is 0.670. The number of nitrogens with zero attached hydrogens (tertiary/aromatic N) is 4. The van der Waals surface area contributed by atoms with E-state index in [1.807, 2.05) is 6.92 Å². The zero-order valence-corrected chi connectivity index (χ0v) is 20.8. The Hall–Kier alpha value is -2.88. The summed E-state index contributed by atoms with van der Waals surface area (Å²) in [6, 6.07) is 9.95. The number of carbonyl (C=O) groups excluding carboxylic acids is 2. The molecule has 2 amide bonds. The van der Waals surface area contributed by atoms with Gasteiger partial charge < -0.3 is 9.64 Å². The van der Waals surface area contributed by atoms with Crippen LogP contribution in [-0.4, -0.2) is 67.6 Å².